The Hall–Kier alpha value is -4.18. The molecule has 4 atom stereocenters. The van der Waals surface area contributed by atoms with Gasteiger partial charge in [0, 0.05) is 40.7 Å². The van der Waals surface area contributed by atoms with Gasteiger partial charge < -0.3 is 25.8 Å². The molecule has 3 aromatic rings. The van der Waals surface area contributed by atoms with Gasteiger partial charge in [-0.25, -0.2) is 14.4 Å². The van der Waals surface area contributed by atoms with Crippen molar-refractivity contribution in [3.8, 4) is 5.75 Å². The highest BCUT2D eigenvalue weighted by molar-refractivity contribution is 7.11. The number of anilines is 2. The topological polar surface area (TPSA) is 152 Å². The van der Waals surface area contributed by atoms with Crippen LogP contribution in [0.4, 0.5) is 33.5 Å². The Morgan fingerprint density at radius 2 is 1.93 bits per heavy atom. The lowest BCUT2D eigenvalue weighted by atomic mass is 9.77. The van der Waals surface area contributed by atoms with E-state index in [0.29, 0.717) is 0 Å². The number of amides is 2. The molecule has 16 heteroatoms. The van der Waals surface area contributed by atoms with Crippen LogP contribution >= 0.6 is 11.3 Å². The minimum absolute atomic E-state index is 0.0914. The van der Waals surface area contributed by atoms with Crippen LogP contribution in [0.5, 0.6) is 5.75 Å². The molecular weight excluding hydrogens is 575 g/mol. The predicted octanol–water partition coefficient (Wildman–Crippen LogP) is 4.44. The van der Waals surface area contributed by atoms with E-state index in [4.69, 9.17) is 20.6 Å². The summed E-state index contributed by atoms with van der Waals surface area (Å²) in [5.41, 5.74) is 2.21. The number of aromatic nitrogens is 2. The van der Waals surface area contributed by atoms with E-state index in [1.165, 1.54) is 19.2 Å². The standard InChI is InChI=1S/C25H23F5N6O4S/c1-10-16(12-4-5-13(26)17(27)18(12)39-3)19(40-24(10,2)25(28,29)30)21(37)34-11-8-14(20(31)32)35-15(9-11)36-22(38)23-33-6-7-41-23/h4-10,16,19H,1-3H3,(H3,31,32)(H2,34,35,36,37,38)/t10-,16-,19+,24+/m0/s1. The van der Waals surface area contributed by atoms with Crippen molar-refractivity contribution in [2.45, 2.75) is 37.6 Å². The van der Waals surface area contributed by atoms with E-state index >= 15 is 0 Å². The minimum Gasteiger partial charge on any atom is -0.493 e. The average molecular weight is 599 g/mol. The minimum atomic E-state index is -4.95. The Balaban J connectivity index is 1.73. The molecule has 0 bridgehead atoms. The molecule has 1 fully saturated rings. The Kier molecular flexibility index (Phi) is 8.00. The fraction of sp³-hybridized carbons (Fsp3) is 0.320. The Morgan fingerprint density at radius 1 is 1.22 bits per heavy atom. The van der Waals surface area contributed by atoms with E-state index in [2.05, 4.69) is 20.6 Å². The van der Waals surface area contributed by atoms with Crippen LogP contribution in [-0.2, 0) is 9.53 Å². The van der Waals surface area contributed by atoms with E-state index in [-0.39, 0.29) is 27.8 Å². The smallest absolute Gasteiger partial charge is 0.417 e. The number of alkyl halides is 3. The molecule has 5 N–H and O–H groups in total. The quantitative estimate of drug-likeness (QED) is 0.178. The van der Waals surface area contributed by atoms with Crippen LogP contribution in [0.3, 0.4) is 0 Å². The molecule has 0 unspecified atom stereocenters. The third-order valence-electron chi connectivity index (χ3n) is 6.81. The van der Waals surface area contributed by atoms with Gasteiger partial charge in [0.25, 0.3) is 11.8 Å². The van der Waals surface area contributed by atoms with Gasteiger partial charge in [-0.05, 0) is 19.1 Å². The summed E-state index contributed by atoms with van der Waals surface area (Å²) in [4.78, 5) is 33.8. The van der Waals surface area contributed by atoms with Crippen LogP contribution in [0, 0.1) is 23.0 Å². The van der Waals surface area contributed by atoms with Crippen molar-refractivity contribution >= 4 is 40.5 Å². The third kappa shape index (κ3) is 5.56. The molecule has 1 aliphatic heterocycles. The number of amidine groups is 1. The number of pyridine rings is 1. The number of benzene rings is 1. The summed E-state index contributed by atoms with van der Waals surface area (Å²) < 4.78 is 81.4. The number of ether oxygens (including phenoxy) is 2. The molecule has 0 saturated carbocycles. The number of carbonyl (C=O) groups is 2. The van der Waals surface area contributed by atoms with Crippen LogP contribution in [0.2, 0.25) is 0 Å². The van der Waals surface area contributed by atoms with E-state index in [9.17, 15) is 31.5 Å². The first-order valence-electron chi connectivity index (χ1n) is 11.8. The number of nitrogens with two attached hydrogens (primary N) is 1. The summed E-state index contributed by atoms with van der Waals surface area (Å²) in [5, 5.41) is 14.2. The molecule has 218 valence electrons. The number of rotatable bonds is 7. The highest BCUT2D eigenvalue weighted by Crippen LogP contribution is 2.55. The Bertz CT molecular complexity index is 1500. The van der Waals surface area contributed by atoms with Crippen LogP contribution in [-0.4, -0.2) is 52.6 Å². The lowest BCUT2D eigenvalue weighted by Gasteiger charge is -2.32. The number of thiazole rings is 1. The van der Waals surface area contributed by atoms with E-state index in [1.54, 1.807) is 5.38 Å². The predicted molar refractivity (Wildman–Crippen MR) is 138 cm³/mol. The zero-order valence-corrected chi connectivity index (χ0v) is 22.4. The van der Waals surface area contributed by atoms with Crippen LogP contribution in [0.1, 0.15) is 40.8 Å². The van der Waals surface area contributed by atoms with Crippen molar-refractivity contribution in [3.63, 3.8) is 0 Å². The SMILES string of the molecule is COc1c([C@H]2[C@H](C(=O)Nc3cc(NC(=O)c4nccs4)nc(C(=N)N)c3)O[C@@](C)(C(F)(F)F)[C@H]2C)ccc(F)c1F. The van der Waals surface area contributed by atoms with Gasteiger partial charge in [0.2, 0.25) is 5.82 Å². The van der Waals surface area contributed by atoms with Crippen LogP contribution in [0.15, 0.2) is 35.8 Å². The number of carbonyl (C=O) groups excluding carboxylic acids is 2. The van der Waals surface area contributed by atoms with Crippen LogP contribution < -0.4 is 21.1 Å². The molecule has 1 saturated heterocycles. The second-order valence-electron chi connectivity index (χ2n) is 9.26. The lowest BCUT2D eigenvalue weighted by Crippen LogP contribution is -2.47. The number of halogens is 5. The zero-order valence-electron chi connectivity index (χ0n) is 21.6. The van der Waals surface area contributed by atoms with E-state index in [1.807, 2.05) is 0 Å². The van der Waals surface area contributed by atoms with Gasteiger partial charge in [-0.1, -0.05) is 13.0 Å². The number of hydrogen-bond donors (Lipinski definition) is 4. The summed E-state index contributed by atoms with van der Waals surface area (Å²) in [7, 11) is 1.02. The summed E-state index contributed by atoms with van der Waals surface area (Å²) in [6.07, 6.45) is -5.41. The van der Waals surface area contributed by atoms with Crippen molar-refractivity contribution in [1.82, 2.24) is 9.97 Å². The van der Waals surface area contributed by atoms with Gasteiger partial charge >= 0.3 is 6.18 Å². The molecule has 2 aromatic heterocycles. The Morgan fingerprint density at radius 3 is 2.51 bits per heavy atom. The molecule has 4 rings (SSSR count). The normalized spacial score (nSPS) is 22.3. The number of nitrogens with zero attached hydrogens (tertiary/aromatic N) is 2. The maximum atomic E-state index is 14.6. The van der Waals surface area contributed by atoms with Crippen LogP contribution in [0.25, 0.3) is 0 Å². The maximum Gasteiger partial charge on any atom is 0.417 e. The summed E-state index contributed by atoms with van der Waals surface area (Å²) in [5.74, 6) is -8.71. The first-order valence-corrected chi connectivity index (χ1v) is 12.7. The summed E-state index contributed by atoms with van der Waals surface area (Å²) in [6, 6.07) is 4.10. The second-order valence-corrected chi connectivity index (χ2v) is 10.2. The van der Waals surface area contributed by atoms with E-state index in [0.717, 1.165) is 43.6 Å². The summed E-state index contributed by atoms with van der Waals surface area (Å²) in [6.45, 7) is 1.94. The number of nitrogens with one attached hydrogen (secondary N) is 3. The maximum absolute atomic E-state index is 14.6. The molecule has 0 spiro atoms. The number of methoxy groups -OCH3 is 1. The fourth-order valence-electron chi connectivity index (χ4n) is 4.56. The molecule has 41 heavy (non-hydrogen) atoms. The summed E-state index contributed by atoms with van der Waals surface area (Å²) >= 11 is 1.04. The highest BCUT2D eigenvalue weighted by Gasteiger charge is 2.66. The van der Waals surface area contributed by atoms with Gasteiger partial charge in [-0.15, -0.1) is 11.3 Å². The zero-order chi connectivity index (χ0) is 30.3. The van der Waals surface area contributed by atoms with Gasteiger partial charge in [0.05, 0.1) is 7.11 Å². The van der Waals surface area contributed by atoms with E-state index < -0.39 is 64.8 Å². The molecule has 0 aliphatic carbocycles. The van der Waals surface area contributed by atoms with Crippen molar-refractivity contribution in [1.29, 1.82) is 5.41 Å². The van der Waals surface area contributed by atoms with Crippen molar-refractivity contribution in [3.05, 3.63) is 63.7 Å². The van der Waals surface area contributed by atoms with Gasteiger partial charge in [0.1, 0.15) is 23.5 Å². The van der Waals surface area contributed by atoms with Crippen molar-refractivity contribution in [2.24, 2.45) is 11.7 Å². The number of hydrogen-bond acceptors (Lipinski definition) is 8. The highest BCUT2D eigenvalue weighted by atomic mass is 32.1. The molecule has 3 heterocycles. The number of nitrogen functional groups attached to an aromatic ring is 1. The van der Waals surface area contributed by atoms with Gasteiger partial charge in [0.15, 0.2) is 22.2 Å². The second kappa shape index (κ2) is 11.0. The van der Waals surface area contributed by atoms with Crippen molar-refractivity contribution in [2.75, 3.05) is 17.7 Å². The molecule has 10 nitrogen and oxygen atoms in total. The molecule has 0 radical (unpaired) electrons. The van der Waals surface area contributed by atoms with Crippen molar-refractivity contribution < 1.29 is 41.0 Å². The average Bonchev–Trinajstić information content (AvgIpc) is 3.53. The monoisotopic (exact) mass is 598 g/mol. The first-order chi connectivity index (χ1) is 19.2. The molecule has 1 aromatic carbocycles. The molecule has 2 amide bonds. The molecular formula is C25H23F5N6O4S. The third-order valence-corrected chi connectivity index (χ3v) is 7.58. The molecule has 1 aliphatic rings. The fourth-order valence-corrected chi connectivity index (χ4v) is 5.09. The Labute approximate surface area is 233 Å². The first kappa shape index (κ1) is 29.8. The lowest BCUT2D eigenvalue weighted by molar-refractivity contribution is -0.272. The largest absolute Gasteiger partial charge is 0.493 e. The van der Waals surface area contributed by atoms with Gasteiger partial charge in [-0.2, -0.15) is 17.6 Å². The van der Waals surface area contributed by atoms with Gasteiger partial charge in [-0.3, -0.25) is 15.0 Å².